The van der Waals surface area contributed by atoms with Crippen molar-refractivity contribution >= 4 is 11.6 Å². The Hall–Kier alpha value is -1.79. The van der Waals surface area contributed by atoms with Gasteiger partial charge in [0.2, 0.25) is 5.91 Å². The zero-order valence-corrected chi connectivity index (χ0v) is 12.3. The van der Waals surface area contributed by atoms with Gasteiger partial charge in [-0.05, 0) is 18.7 Å². The van der Waals surface area contributed by atoms with Crippen LogP contribution in [0.4, 0.5) is 5.69 Å². The van der Waals surface area contributed by atoms with E-state index < -0.39 is 0 Å². The predicted octanol–water partition coefficient (Wildman–Crippen LogP) is 1.10. The van der Waals surface area contributed by atoms with E-state index >= 15 is 0 Å². The third-order valence-corrected chi connectivity index (χ3v) is 3.26. The van der Waals surface area contributed by atoms with Crippen molar-refractivity contribution in [2.45, 2.75) is 13.3 Å². The number of fused-ring (bicyclic) bond motifs is 1. The highest BCUT2D eigenvalue weighted by atomic mass is 16.5. The second-order valence-electron chi connectivity index (χ2n) is 4.85. The minimum absolute atomic E-state index is 0.0468. The molecule has 1 aliphatic heterocycles. The smallest absolute Gasteiger partial charge is 0.238 e. The Morgan fingerprint density at radius 3 is 2.81 bits per heavy atom. The number of likely N-dealkylation sites (N-methyl/N-ethyl adjacent to an activating group) is 1. The fourth-order valence-electron chi connectivity index (χ4n) is 2.14. The summed E-state index contributed by atoms with van der Waals surface area (Å²) in [6.45, 7) is 4.73. The Morgan fingerprint density at radius 2 is 2.10 bits per heavy atom. The van der Waals surface area contributed by atoms with Gasteiger partial charge in [0.15, 0.2) is 11.5 Å². The first-order valence-corrected chi connectivity index (χ1v) is 7.25. The number of ether oxygens (including phenoxy) is 2. The minimum Gasteiger partial charge on any atom is -0.490 e. The molecule has 0 atom stereocenters. The van der Waals surface area contributed by atoms with Gasteiger partial charge >= 0.3 is 0 Å². The van der Waals surface area contributed by atoms with E-state index in [-0.39, 0.29) is 19.1 Å². The molecule has 1 aromatic rings. The number of anilines is 1. The Kier molecular flexibility index (Phi) is 5.83. The van der Waals surface area contributed by atoms with E-state index in [0.29, 0.717) is 36.9 Å². The third-order valence-electron chi connectivity index (χ3n) is 3.26. The summed E-state index contributed by atoms with van der Waals surface area (Å²) in [5.41, 5.74) is 0.685. The van der Waals surface area contributed by atoms with Crippen LogP contribution in [0.2, 0.25) is 0 Å². The van der Waals surface area contributed by atoms with Crippen LogP contribution in [0.3, 0.4) is 0 Å². The number of aliphatic hydroxyl groups is 1. The van der Waals surface area contributed by atoms with Crippen LogP contribution < -0.4 is 14.8 Å². The van der Waals surface area contributed by atoms with Crippen molar-refractivity contribution < 1.29 is 19.4 Å². The molecular weight excluding hydrogens is 272 g/mol. The lowest BCUT2D eigenvalue weighted by atomic mass is 10.2. The summed E-state index contributed by atoms with van der Waals surface area (Å²) in [7, 11) is 0. The maximum Gasteiger partial charge on any atom is 0.238 e. The molecule has 0 radical (unpaired) electrons. The number of amides is 1. The average Bonchev–Trinajstić information content (AvgIpc) is 2.71. The van der Waals surface area contributed by atoms with Crippen LogP contribution in [0, 0.1) is 0 Å². The number of rotatable bonds is 6. The molecule has 21 heavy (non-hydrogen) atoms. The van der Waals surface area contributed by atoms with Crippen LogP contribution in [0.15, 0.2) is 18.2 Å². The molecule has 2 N–H and O–H groups in total. The Labute approximate surface area is 124 Å². The maximum absolute atomic E-state index is 12.0. The zero-order chi connectivity index (χ0) is 15.1. The molecule has 0 fully saturated rings. The maximum atomic E-state index is 12.0. The molecule has 6 nitrogen and oxygen atoms in total. The number of aliphatic hydroxyl groups excluding tert-OH is 1. The first kappa shape index (κ1) is 15.6. The van der Waals surface area contributed by atoms with Crippen molar-refractivity contribution in [3.05, 3.63) is 18.2 Å². The number of carbonyl (C=O) groups is 1. The van der Waals surface area contributed by atoms with Crippen LogP contribution in [0.25, 0.3) is 0 Å². The summed E-state index contributed by atoms with van der Waals surface area (Å²) in [5.74, 6) is 1.26. The monoisotopic (exact) mass is 294 g/mol. The molecule has 0 aliphatic carbocycles. The molecule has 1 aliphatic rings. The van der Waals surface area contributed by atoms with Crippen LogP contribution in [-0.4, -0.2) is 55.4 Å². The minimum atomic E-state index is -0.111. The van der Waals surface area contributed by atoms with Gasteiger partial charge in [-0.2, -0.15) is 0 Å². The molecule has 0 saturated heterocycles. The highest BCUT2D eigenvalue weighted by Crippen LogP contribution is 2.32. The van der Waals surface area contributed by atoms with Gasteiger partial charge in [0, 0.05) is 24.7 Å². The second kappa shape index (κ2) is 7.85. The largest absolute Gasteiger partial charge is 0.490 e. The van der Waals surface area contributed by atoms with E-state index in [1.54, 1.807) is 12.1 Å². The van der Waals surface area contributed by atoms with Gasteiger partial charge < -0.3 is 19.9 Å². The number of carbonyl (C=O) groups excluding carboxylic acids is 1. The van der Waals surface area contributed by atoms with Crippen LogP contribution in [0.1, 0.15) is 13.3 Å². The first-order valence-electron chi connectivity index (χ1n) is 7.25. The van der Waals surface area contributed by atoms with Gasteiger partial charge in [-0.15, -0.1) is 0 Å². The van der Waals surface area contributed by atoms with Crippen molar-refractivity contribution in [2.75, 3.05) is 44.8 Å². The fraction of sp³-hybridized carbons (Fsp3) is 0.533. The van der Waals surface area contributed by atoms with Crippen LogP contribution in [0.5, 0.6) is 11.5 Å². The molecule has 0 aromatic heterocycles. The third kappa shape index (κ3) is 4.61. The quantitative estimate of drug-likeness (QED) is 0.822. The predicted molar refractivity (Wildman–Crippen MR) is 79.9 cm³/mol. The van der Waals surface area contributed by atoms with Gasteiger partial charge in [-0.25, -0.2) is 0 Å². The number of benzene rings is 1. The SMILES string of the molecule is CCN(CCO)CC(=O)Nc1ccc2c(c1)OCCCO2. The van der Waals surface area contributed by atoms with E-state index in [2.05, 4.69) is 5.32 Å². The van der Waals surface area contributed by atoms with Crippen molar-refractivity contribution in [1.29, 1.82) is 0 Å². The number of hydrogen-bond acceptors (Lipinski definition) is 5. The first-order chi connectivity index (χ1) is 10.2. The molecule has 0 unspecified atom stereocenters. The van der Waals surface area contributed by atoms with Crippen LogP contribution in [-0.2, 0) is 4.79 Å². The molecule has 0 saturated carbocycles. The highest BCUT2D eigenvalue weighted by molar-refractivity contribution is 5.92. The Balaban J connectivity index is 1.96. The molecule has 2 rings (SSSR count). The number of nitrogens with zero attached hydrogens (tertiary/aromatic N) is 1. The van der Waals surface area contributed by atoms with Gasteiger partial charge in [0.25, 0.3) is 0 Å². The normalized spacial score (nSPS) is 13.9. The number of hydrogen-bond donors (Lipinski definition) is 2. The molecule has 0 spiro atoms. The standard InChI is InChI=1S/C15H22N2O4/c1-2-17(6-7-18)11-15(19)16-12-4-5-13-14(10-12)21-9-3-8-20-13/h4-5,10,18H,2-3,6-9,11H2,1H3,(H,16,19). The summed E-state index contributed by atoms with van der Waals surface area (Å²) in [4.78, 5) is 13.9. The highest BCUT2D eigenvalue weighted by Gasteiger charge is 2.13. The van der Waals surface area contributed by atoms with E-state index in [9.17, 15) is 4.79 Å². The summed E-state index contributed by atoms with van der Waals surface area (Å²) in [5, 5.41) is 11.8. The summed E-state index contributed by atoms with van der Waals surface area (Å²) >= 11 is 0. The number of nitrogens with one attached hydrogen (secondary N) is 1. The second-order valence-corrected chi connectivity index (χ2v) is 4.85. The molecule has 6 heteroatoms. The van der Waals surface area contributed by atoms with Crippen molar-refractivity contribution in [3.63, 3.8) is 0 Å². The summed E-state index contributed by atoms with van der Waals surface area (Å²) < 4.78 is 11.1. The van der Waals surface area contributed by atoms with Gasteiger partial charge in [0.1, 0.15) is 0 Å². The van der Waals surface area contributed by atoms with E-state index in [4.69, 9.17) is 14.6 Å². The lowest BCUT2D eigenvalue weighted by Gasteiger charge is -2.18. The fourth-order valence-corrected chi connectivity index (χ4v) is 2.14. The molecule has 1 amide bonds. The van der Waals surface area contributed by atoms with E-state index in [0.717, 1.165) is 13.0 Å². The zero-order valence-electron chi connectivity index (χ0n) is 12.3. The molecule has 1 aromatic carbocycles. The van der Waals surface area contributed by atoms with Crippen molar-refractivity contribution in [1.82, 2.24) is 4.90 Å². The van der Waals surface area contributed by atoms with Gasteiger partial charge in [-0.1, -0.05) is 6.92 Å². The molecule has 1 heterocycles. The lowest BCUT2D eigenvalue weighted by Crippen LogP contribution is -2.35. The molecule has 116 valence electrons. The van der Waals surface area contributed by atoms with E-state index in [1.807, 2.05) is 17.9 Å². The summed E-state index contributed by atoms with van der Waals surface area (Å²) in [6.07, 6.45) is 0.850. The van der Waals surface area contributed by atoms with Gasteiger partial charge in [-0.3, -0.25) is 9.69 Å². The van der Waals surface area contributed by atoms with Crippen LogP contribution >= 0.6 is 0 Å². The van der Waals surface area contributed by atoms with E-state index in [1.165, 1.54) is 0 Å². The summed E-state index contributed by atoms with van der Waals surface area (Å²) in [6, 6.07) is 5.39. The molecular formula is C15H22N2O4. The Morgan fingerprint density at radius 1 is 1.33 bits per heavy atom. The molecule has 0 bridgehead atoms. The van der Waals surface area contributed by atoms with Crippen molar-refractivity contribution in [3.8, 4) is 11.5 Å². The average molecular weight is 294 g/mol. The van der Waals surface area contributed by atoms with Gasteiger partial charge in [0.05, 0.1) is 26.4 Å². The lowest BCUT2D eigenvalue weighted by molar-refractivity contribution is -0.117. The Bertz CT molecular complexity index is 479. The topological polar surface area (TPSA) is 71.0 Å². The van der Waals surface area contributed by atoms with Crippen molar-refractivity contribution in [2.24, 2.45) is 0 Å².